The maximum absolute atomic E-state index is 12.5. The van der Waals surface area contributed by atoms with Crippen LogP contribution in [0.5, 0.6) is 11.5 Å². The molecule has 0 heterocycles. The molecule has 0 unspecified atom stereocenters. The zero-order chi connectivity index (χ0) is 15.6. The summed E-state index contributed by atoms with van der Waals surface area (Å²) in [6.45, 7) is -0.281. The van der Waals surface area contributed by atoms with Gasteiger partial charge in [0.25, 0.3) is 0 Å². The first-order valence-electron chi connectivity index (χ1n) is 5.75. The minimum absolute atomic E-state index is 0.0795. The minimum Gasteiger partial charge on any atom is -0.456 e. The Morgan fingerprint density at radius 2 is 1.71 bits per heavy atom. The Kier molecular flexibility index (Phi) is 4.66. The second-order valence-electron chi connectivity index (χ2n) is 4.16. The number of ether oxygens (including phenoxy) is 1. The van der Waals surface area contributed by atoms with Crippen LogP contribution in [0.4, 0.5) is 13.2 Å². The van der Waals surface area contributed by atoms with Crippen LogP contribution in [0.15, 0.2) is 36.4 Å². The summed E-state index contributed by atoms with van der Waals surface area (Å²) in [4.78, 5) is 0. The third-order valence-electron chi connectivity index (χ3n) is 2.67. The number of hydrogen-bond donors (Lipinski definition) is 1. The predicted molar refractivity (Wildman–Crippen MR) is 73.9 cm³/mol. The molecule has 7 heteroatoms. The van der Waals surface area contributed by atoms with Gasteiger partial charge in [-0.05, 0) is 42.0 Å². The number of halogens is 5. The summed E-state index contributed by atoms with van der Waals surface area (Å²) in [6.07, 6.45) is -4.47. The molecule has 0 fully saturated rings. The zero-order valence-electron chi connectivity index (χ0n) is 10.4. The van der Waals surface area contributed by atoms with Crippen molar-refractivity contribution < 1.29 is 23.0 Å². The fourth-order valence-corrected chi connectivity index (χ4v) is 2.02. The maximum Gasteiger partial charge on any atom is 0.416 e. The molecular weight excluding hydrogens is 328 g/mol. The van der Waals surface area contributed by atoms with Gasteiger partial charge in [0.1, 0.15) is 11.5 Å². The lowest BCUT2D eigenvalue weighted by Gasteiger charge is -2.12. The van der Waals surface area contributed by atoms with E-state index in [2.05, 4.69) is 0 Å². The number of hydrogen-bond acceptors (Lipinski definition) is 2. The molecule has 0 atom stereocenters. The first kappa shape index (κ1) is 15.9. The van der Waals surface area contributed by atoms with Crippen molar-refractivity contribution in [1.29, 1.82) is 0 Å². The summed E-state index contributed by atoms with van der Waals surface area (Å²) in [5.74, 6) is 0.390. The van der Waals surface area contributed by atoms with Gasteiger partial charge >= 0.3 is 6.18 Å². The minimum atomic E-state index is -4.47. The van der Waals surface area contributed by atoms with E-state index in [1.807, 2.05) is 0 Å². The van der Waals surface area contributed by atoms with Crippen LogP contribution in [-0.2, 0) is 12.8 Å². The fourth-order valence-electron chi connectivity index (χ4n) is 1.62. The average molecular weight is 337 g/mol. The lowest BCUT2D eigenvalue weighted by atomic mass is 10.2. The molecule has 0 aromatic heterocycles. The van der Waals surface area contributed by atoms with E-state index >= 15 is 0 Å². The van der Waals surface area contributed by atoms with E-state index in [0.717, 1.165) is 18.2 Å². The van der Waals surface area contributed by atoms with Gasteiger partial charge in [0, 0.05) is 5.02 Å². The van der Waals surface area contributed by atoms with Crippen molar-refractivity contribution in [3.63, 3.8) is 0 Å². The fraction of sp³-hybridized carbons (Fsp3) is 0.143. The van der Waals surface area contributed by atoms with Crippen molar-refractivity contribution in [2.45, 2.75) is 12.8 Å². The first-order chi connectivity index (χ1) is 9.81. The second kappa shape index (κ2) is 6.13. The summed E-state index contributed by atoms with van der Waals surface area (Å²) in [5, 5.41) is 9.30. The smallest absolute Gasteiger partial charge is 0.416 e. The van der Waals surface area contributed by atoms with Crippen LogP contribution in [0.2, 0.25) is 10.0 Å². The molecule has 0 saturated heterocycles. The van der Waals surface area contributed by atoms with Crippen LogP contribution >= 0.6 is 23.2 Å². The number of benzene rings is 2. The van der Waals surface area contributed by atoms with E-state index in [4.69, 9.17) is 33.0 Å². The highest BCUT2D eigenvalue weighted by molar-refractivity contribution is 6.32. The van der Waals surface area contributed by atoms with E-state index in [9.17, 15) is 13.2 Å². The third-order valence-corrected chi connectivity index (χ3v) is 3.34. The summed E-state index contributed by atoms with van der Waals surface area (Å²) in [7, 11) is 0. The van der Waals surface area contributed by atoms with Crippen LogP contribution in [0.1, 0.15) is 11.1 Å². The molecule has 0 amide bonds. The second-order valence-corrected chi connectivity index (χ2v) is 4.97. The molecule has 1 N–H and O–H groups in total. The Hall–Kier alpha value is -1.43. The van der Waals surface area contributed by atoms with Crippen molar-refractivity contribution in [2.75, 3.05) is 0 Å². The van der Waals surface area contributed by atoms with Gasteiger partial charge in [0.05, 0.1) is 17.2 Å². The summed E-state index contributed by atoms with van der Waals surface area (Å²) >= 11 is 11.6. The van der Waals surface area contributed by atoms with E-state index in [-0.39, 0.29) is 17.4 Å². The molecule has 0 aliphatic carbocycles. The van der Waals surface area contributed by atoms with Gasteiger partial charge < -0.3 is 9.84 Å². The summed E-state index contributed by atoms with van der Waals surface area (Å²) < 4.78 is 43.0. The number of aliphatic hydroxyl groups is 1. The van der Waals surface area contributed by atoms with Crippen molar-refractivity contribution in [1.82, 2.24) is 0 Å². The largest absolute Gasteiger partial charge is 0.456 e. The summed E-state index contributed by atoms with van der Waals surface area (Å²) in [6, 6.07) is 7.33. The first-order valence-corrected chi connectivity index (χ1v) is 6.50. The maximum atomic E-state index is 12.5. The Labute approximate surface area is 128 Å². The summed E-state index contributed by atoms with van der Waals surface area (Å²) in [5.41, 5.74) is -0.413. The molecular formula is C14H9Cl2F3O2. The van der Waals surface area contributed by atoms with Gasteiger partial charge in [0.15, 0.2) is 0 Å². The predicted octanol–water partition coefficient (Wildman–Crippen LogP) is 5.30. The molecule has 2 rings (SSSR count). The lowest BCUT2D eigenvalue weighted by Crippen LogP contribution is -2.04. The zero-order valence-corrected chi connectivity index (χ0v) is 11.9. The quantitative estimate of drug-likeness (QED) is 0.824. The average Bonchev–Trinajstić information content (AvgIpc) is 2.42. The molecule has 21 heavy (non-hydrogen) atoms. The van der Waals surface area contributed by atoms with E-state index in [1.54, 1.807) is 0 Å². The van der Waals surface area contributed by atoms with Crippen LogP contribution < -0.4 is 4.74 Å². The molecule has 112 valence electrons. The highest BCUT2D eigenvalue weighted by Gasteiger charge is 2.31. The molecule has 0 saturated carbocycles. The van der Waals surface area contributed by atoms with E-state index in [0.29, 0.717) is 16.3 Å². The Bertz CT molecular complexity index is 657. The number of aliphatic hydroxyl groups excluding tert-OH is 1. The van der Waals surface area contributed by atoms with Crippen LogP contribution in [0.25, 0.3) is 0 Å². The van der Waals surface area contributed by atoms with E-state index < -0.39 is 11.7 Å². The van der Waals surface area contributed by atoms with Crippen molar-refractivity contribution in [3.8, 4) is 11.5 Å². The lowest BCUT2D eigenvalue weighted by molar-refractivity contribution is -0.137. The molecule has 0 spiro atoms. The van der Waals surface area contributed by atoms with Crippen molar-refractivity contribution in [2.24, 2.45) is 0 Å². The number of alkyl halides is 3. The van der Waals surface area contributed by atoms with Crippen molar-refractivity contribution in [3.05, 3.63) is 57.6 Å². The van der Waals surface area contributed by atoms with Gasteiger partial charge in [-0.1, -0.05) is 23.2 Å². The van der Waals surface area contributed by atoms with Gasteiger partial charge in [-0.3, -0.25) is 0 Å². The van der Waals surface area contributed by atoms with Gasteiger partial charge in [0.2, 0.25) is 0 Å². The standard InChI is InChI=1S/C14H9Cl2F3O2/c15-11-3-2-10(5-8(11)7-20)21-13-4-1-9(6-12(13)16)14(17,18)19/h1-6,20H,7H2. The third kappa shape index (κ3) is 3.81. The van der Waals surface area contributed by atoms with Gasteiger partial charge in [-0.2, -0.15) is 13.2 Å². The molecule has 0 aliphatic rings. The molecule has 0 bridgehead atoms. The molecule has 2 nitrogen and oxygen atoms in total. The number of rotatable bonds is 3. The topological polar surface area (TPSA) is 29.5 Å². The Balaban J connectivity index is 2.28. The highest BCUT2D eigenvalue weighted by Crippen LogP contribution is 2.36. The van der Waals surface area contributed by atoms with Crippen molar-refractivity contribution >= 4 is 23.2 Å². The molecule has 0 radical (unpaired) electrons. The van der Waals surface area contributed by atoms with Crippen LogP contribution in [-0.4, -0.2) is 5.11 Å². The highest BCUT2D eigenvalue weighted by atomic mass is 35.5. The SMILES string of the molecule is OCc1cc(Oc2ccc(C(F)(F)F)cc2Cl)ccc1Cl. The molecule has 0 aliphatic heterocycles. The van der Waals surface area contributed by atoms with Gasteiger partial charge in [-0.15, -0.1) is 0 Å². The molecule has 2 aromatic carbocycles. The molecule has 2 aromatic rings. The Morgan fingerprint density at radius 1 is 1.00 bits per heavy atom. The Morgan fingerprint density at radius 3 is 2.29 bits per heavy atom. The van der Waals surface area contributed by atoms with Crippen LogP contribution in [0, 0.1) is 0 Å². The van der Waals surface area contributed by atoms with E-state index in [1.165, 1.54) is 18.2 Å². The van der Waals surface area contributed by atoms with Crippen LogP contribution in [0.3, 0.4) is 0 Å². The monoisotopic (exact) mass is 336 g/mol. The normalized spacial score (nSPS) is 11.5. The van der Waals surface area contributed by atoms with Gasteiger partial charge in [-0.25, -0.2) is 0 Å².